The van der Waals surface area contributed by atoms with Crippen LogP contribution in [-0.4, -0.2) is 32.7 Å². The summed E-state index contributed by atoms with van der Waals surface area (Å²) in [7, 11) is -3.38. The Hall–Kier alpha value is -0.990. The van der Waals surface area contributed by atoms with E-state index < -0.39 is 27.3 Å². The van der Waals surface area contributed by atoms with Crippen molar-refractivity contribution in [2.45, 2.75) is 19.4 Å². The molecule has 1 rings (SSSR count). The molecule has 1 aromatic rings. The topological polar surface area (TPSA) is 75.3 Å². The standard InChI is InChI=1S/C12H16BrFN2O3S/c1-12(2,16-20(3,18)19)7-15-11(17)9-6-8(14)4-5-10(9)13/h4-6,16H,7H2,1-3H3,(H,15,17). The Morgan fingerprint density at radius 3 is 2.55 bits per heavy atom. The van der Waals surface area contributed by atoms with Crippen LogP contribution in [0.3, 0.4) is 0 Å². The van der Waals surface area contributed by atoms with Gasteiger partial charge in [-0.15, -0.1) is 0 Å². The molecule has 8 heteroatoms. The third-order valence-electron chi connectivity index (χ3n) is 2.33. The second kappa shape index (κ2) is 6.19. The number of carbonyl (C=O) groups excluding carboxylic acids is 1. The summed E-state index contributed by atoms with van der Waals surface area (Å²) < 4.78 is 38.3. The predicted molar refractivity (Wildman–Crippen MR) is 78.5 cm³/mol. The van der Waals surface area contributed by atoms with Crippen LogP contribution in [0.2, 0.25) is 0 Å². The molecule has 0 saturated heterocycles. The van der Waals surface area contributed by atoms with Gasteiger partial charge >= 0.3 is 0 Å². The second-order valence-corrected chi connectivity index (χ2v) is 7.67. The zero-order chi connectivity index (χ0) is 15.6. The summed E-state index contributed by atoms with van der Waals surface area (Å²) in [5, 5.41) is 2.57. The van der Waals surface area contributed by atoms with Crippen molar-refractivity contribution in [1.82, 2.24) is 10.0 Å². The van der Waals surface area contributed by atoms with Crippen molar-refractivity contribution in [3.8, 4) is 0 Å². The number of rotatable bonds is 5. The third-order valence-corrected chi connectivity index (χ3v) is 3.94. The molecular weight excluding hydrogens is 351 g/mol. The highest BCUT2D eigenvalue weighted by atomic mass is 79.9. The second-order valence-electron chi connectivity index (χ2n) is 5.06. The first kappa shape index (κ1) is 17.1. The number of sulfonamides is 1. The number of hydrogen-bond donors (Lipinski definition) is 2. The van der Waals surface area contributed by atoms with Crippen molar-refractivity contribution < 1.29 is 17.6 Å². The first-order valence-electron chi connectivity index (χ1n) is 5.72. The third kappa shape index (κ3) is 5.56. The molecule has 1 aromatic carbocycles. The molecule has 20 heavy (non-hydrogen) atoms. The van der Waals surface area contributed by atoms with Crippen LogP contribution in [0.4, 0.5) is 4.39 Å². The average molecular weight is 367 g/mol. The Balaban J connectivity index is 2.75. The van der Waals surface area contributed by atoms with Crippen LogP contribution in [0.5, 0.6) is 0 Å². The summed E-state index contributed by atoms with van der Waals surface area (Å²) in [5.41, 5.74) is -0.691. The van der Waals surface area contributed by atoms with E-state index in [1.165, 1.54) is 12.1 Å². The molecule has 5 nitrogen and oxygen atoms in total. The van der Waals surface area contributed by atoms with Gasteiger partial charge in [0.2, 0.25) is 10.0 Å². The van der Waals surface area contributed by atoms with Crippen LogP contribution in [0, 0.1) is 5.82 Å². The van der Waals surface area contributed by atoms with Crippen LogP contribution < -0.4 is 10.0 Å². The molecule has 0 heterocycles. The normalized spacial score (nSPS) is 12.2. The maximum atomic E-state index is 13.1. The van der Waals surface area contributed by atoms with Crippen molar-refractivity contribution in [2.75, 3.05) is 12.8 Å². The summed E-state index contributed by atoms with van der Waals surface area (Å²) in [4.78, 5) is 11.9. The lowest BCUT2D eigenvalue weighted by molar-refractivity contribution is 0.0943. The van der Waals surface area contributed by atoms with Gasteiger partial charge in [-0.2, -0.15) is 0 Å². The average Bonchev–Trinajstić information content (AvgIpc) is 2.26. The lowest BCUT2D eigenvalue weighted by Gasteiger charge is -2.25. The van der Waals surface area contributed by atoms with Crippen LogP contribution in [0.1, 0.15) is 24.2 Å². The van der Waals surface area contributed by atoms with Gasteiger partial charge in [0.15, 0.2) is 0 Å². The summed E-state index contributed by atoms with van der Waals surface area (Å²) in [6, 6.07) is 3.77. The summed E-state index contributed by atoms with van der Waals surface area (Å²) >= 11 is 3.16. The minimum Gasteiger partial charge on any atom is -0.350 e. The Morgan fingerprint density at radius 2 is 2.00 bits per heavy atom. The van der Waals surface area contributed by atoms with E-state index in [4.69, 9.17) is 0 Å². The molecule has 0 aliphatic rings. The summed E-state index contributed by atoms with van der Waals surface area (Å²) in [6.45, 7) is 3.34. The minimum absolute atomic E-state index is 0.0713. The van der Waals surface area contributed by atoms with Crippen molar-refractivity contribution in [2.24, 2.45) is 0 Å². The van der Waals surface area contributed by atoms with Crippen LogP contribution >= 0.6 is 15.9 Å². The first-order valence-corrected chi connectivity index (χ1v) is 8.41. The molecule has 0 fully saturated rings. The SMILES string of the molecule is CC(C)(CNC(=O)c1cc(F)ccc1Br)NS(C)(=O)=O. The molecule has 0 atom stereocenters. The van der Waals surface area contributed by atoms with Gasteiger partial charge in [-0.05, 0) is 48.0 Å². The van der Waals surface area contributed by atoms with Crippen LogP contribution in [0.25, 0.3) is 0 Å². The number of halogens is 2. The highest BCUT2D eigenvalue weighted by molar-refractivity contribution is 9.10. The van der Waals surface area contributed by atoms with E-state index in [0.717, 1.165) is 12.3 Å². The number of nitrogens with one attached hydrogen (secondary N) is 2. The molecule has 2 N–H and O–H groups in total. The van der Waals surface area contributed by atoms with Gasteiger partial charge < -0.3 is 5.32 Å². The molecular formula is C12H16BrFN2O3S. The fourth-order valence-corrected chi connectivity index (χ4v) is 3.11. The van der Waals surface area contributed by atoms with E-state index in [1.807, 2.05) is 0 Å². The highest BCUT2D eigenvalue weighted by Crippen LogP contribution is 2.17. The molecule has 1 amide bonds. The fourth-order valence-electron chi connectivity index (χ4n) is 1.61. The van der Waals surface area contributed by atoms with Crippen molar-refractivity contribution in [1.29, 1.82) is 0 Å². The van der Waals surface area contributed by atoms with Crippen molar-refractivity contribution >= 4 is 31.9 Å². The lowest BCUT2D eigenvalue weighted by Crippen LogP contribution is -2.51. The Bertz CT molecular complexity index is 617. The molecule has 0 aliphatic heterocycles. The largest absolute Gasteiger partial charge is 0.350 e. The van der Waals surface area contributed by atoms with Crippen molar-refractivity contribution in [3.63, 3.8) is 0 Å². The maximum Gasteiger partial charge on any atom is 0.252 e. The highest BCUT2D eigenvalue weighted by Gasteiger charge is 2.23. The molecule has 0 unspecified atom stereocenters. The lowest BCUT2D eigenvalue weighted by atomic mass is 10.1. The van der Waals surface area contributed by atoms with Gasteiger partial charge in [0.25, 0.3) is 5.91 Å². The quantitative estimate of drug-likeness (QED) is 0.831. The van der Waals surface area contributed by atoms with E-state index in [2.05, 4.69) is 26.0 Å². The van der Waals surface area contributed by atoms with Gasteiger partial charge in [-0.3, -0.25) is 4.79 Å². The Labute approximate surface area is 126 Å². The first-order chi connectivity index (χ1) is 9.00. The van der Waals surface area contributed by atoms with Gasteiger partial charge in [-0.25, -0.2) is 17.5 Å². The van der Waals surface area contributed by atoms with E-state index >= 15 is 0 Å². The van der Waals surface area contributed by atoms with Gasteiger partial charge in [0.05, 0.1) is 11.8 Å². The van der Waals surface area contributed by atoms with Gasteiger partial charge in [-0.1, -0.05) is 0 Å². The zero-order valence-electron chi connectivity index (χ0n) is 11.3. The number of amides is 1. The summed E-state index contributed by atoms with van der Waals surface area (Å²) in [6.07, 6.45) is 1.04. The zero-order valence-corrected chi connectivity index (χ0v) is 13.7. The molecule has 0 bridgehead atoms. The fraction of sp³-hybridized carbons (Fsp3) is 0.417. The Morgan fingerprint density at radius 1 is 1.40 bits per heavy atom. The number of hydrogen-bond acceptors (Lipinski definition) is 3. The Kier molecular flexibility index (Phi) is 5.28. The smallest absolute Gasteiger partial charge is 0.252 e. The molecule has 0 radical (unpaired) electrons. The molecule has 0 spiro atoms. The molecule has 112 valence electrons. The number of benzene rings is 1. The molecule has 0 saturated carbocycles. The van der Waals surface area contributed by atoms with Gasteiger partial charge in [0, 0.05) is 16.6 Å². The molecule has 0 aliphatic carbocycles. The van der Waals surface area contributed by atoms with E-state index in [1.54, 1.807) is 13.8 Å². The van der Waals surface area contributed by atoms with Crippen LogP contribution in [-0.2, 0) is 10.0 Å². The monoisotopic (exact) mass is 366 g/mol. The predicted octanol–water partition coefficient (Wildman–Crippen LogP) is 1.65. The van der Waals surface area contributed by atoms with E-state index in [0.29, 0.717) is 4.47 Å². The van der Waals surface area contributed by atoms with E-state index in [-0.39, 0.29) is 12.1 Å². The van der Waals surface area contributed by atoms with E-state index in [9.17, 15) is 17.6 Å². The number of carbonyl (C=O) groups is 1. The maximum absolute atomic E-state index is 13.1. The van der Waals surface area contributed by atoms with Gasteiger partial charge in [0.1, 0.15) is 5.82 Å². The summed E-state index contributed by atoms with van der Waals surface area (Å²) in [5.74, 6) is -1.01. The van der Waals surface area contributed by atoms with Crippen molar-refractivity contribution in [3.05, 3.63) is 34.1 Å². The minimum atomic E-state index is -3.38. The molecule has 0 aromatic heterocycles. The van der Waals surface area contributed by atoms with Crippen LogP contribution in [0.15, 0.2) is 22.7 Å².